The average Bonchev–Trinajstić information content (AvgIpc) is 2.74. The predicted molar refractivity (Wildman–Crippen MR) is 78.9 cm³/mol. The van der Waals surface area contributed by atoms with E-state index in [4.69, 9.17) is 4.74 Å². The molecule has 0 bridgehead atoms. The second-order valence-electron chi connectivity index (χ2n) is 3.91. The summed E-state index contributed by atoms with van der Waals surface area (Å²) in [4.78, 5) is 16.3. The van der Waals surface area contributed by atoms with Crippen LogP contribution in [0.3, 0.4) is 0 Å². The third-order valence-corrected chi connectivity index (χ3v) is 4.26. The fourth-order valence-electron chi connectivity index (χ4n) is 1.50. The Kier molecular flexibility index (Phi) is 7.12. The Hall–Kier alpha value is -0.750. The number of anilines is 1. The van der Waals surface area contributed by atoms with Crippen molar-refractivity contribution in [1.29, 1.82) is 0 Å². The molecular formula is C12H20N2O2S2. The normalized spacial score (nSPS) is 10.4. The Morgan fingerprint density at radius 2 is 2.22 bits per heavy atom. The standard InChI is InChI=1S/C12H20N2O2S2/c1-9-10(11(15)16-2)18-12(14-9)13-7-5-4-6-8-17-3/h4-8H2,1-3H3,(H,13,14). The van der Waals surface area contributed by atoms with Gasteiger partial charge in [-0.1, -0.05) is 17.8 Å². The van der Waals surface area contributed by atoms with E-state index in [1.165, 1.54) is 37.0 Å². The van der Waals surface area contributed by atoms with Gasteiger partial charge in [-0.2, -0.15) is 11.8 Å². The van der Waals surface area contributed by atoms with Gasteiger partial charge in [0.15, 0.2) is 5.13 Å². The zero-order valence-electron chi connectivity index (χ0n) is 11.1. The van der Waals surface area contributed by atoms with Gasteiger partial charge >= 0.3 is 5.97 Å². The van der Waals surface area contributed by atoms with Crippen LogP contribution in [0.4, 0.5) is 5.13 Å². The number of nitrogens with one attached hydrogen (secondary N) is 1. The third kappa shape index (κ3) is 4.86. The smallest absolute Gasteiger partial charge is 0.350 e. The van der Waals surface area contributed by atoms with Crippen molar-refractivity contribution in [3.8, 4) is 0 Å². The summed E-state index contributed by atoms with van der Waals surface area (Å²) in [6.45, 7) is 2.73. The maximum Gasteiger partial charge on any atom is 0.350 e. The topological polar surface area (TPSA) is 51.2 Å². The highest BCUT2D eigenvalue weighted by Gasteiger charge is 2.15. The van der Waals surface area contributed by atoms with Crippen LogP contribution < -0.4 is 5.32 Å². The van der Waals surface area contributed by atoms with Crippen molar-refractivity contribution in [1.82, 2.24) is 4.98 Å². The summed E-state index contributed by atoms with van der Waals surface area (Å²) in [5.41, 5.74) is 0.733. The van der Waals surface area contributed by atoms with Gasteiger partial charge in [0.05, 0.1) is 12.8 Å². The van der Waals surface area contributed by atoms with Gasteiger partial charge in [-0.25, -0.2) is 9.78 Å². The zero-order chi connectivity index (χ0) is 13.4. The molecule has 18 heavy (non-hydrogen) atoms. The molecule has 0 aliphatic rings. The zero-order valence-corrected chi connectivity index (χ0v) is 12.7. The number of thioether (sulfide) groups is 1. The van der Waals surface area contributed by atoms with E-state index in [1.54, 1.807) is 0 Å². The minimum atomic E-state index is -0.307. The summed E-state index contributed by atoms with van der Waals surface area (Å²) < 4.78 is 4.70. The number of nitrogens with zero attached hydrogens (tertiary/aromatic N) is 1. The first-order chi connectivity index (χ1) is 8.69. The van der Waals surface area contributed by atoms with Gasteiger partial charge in [-0.15, -0.1) is 0 Å². The highest BCUT2D eigenvalue weighted by molar-refractivity contribution is 7.98. The van der Waals surface area contributed by atoms with Crippen molar-refractivity contribution in [2.75, 3.05) is 31.0 Å². The summed E-state index contributed by atoms with van der Waals surface area (Å²) in [6.07, 6.45) is 5.74. The fourth-order valence-corrected chi connectivity index (χ4v) is 2.90. The van der Waals surface area contributed by atoms with Gasteiger partial charge in [0.25, 0.3) is 0 Å². The van der Waals surface area contributed by atoms with E-state index in [1.807, 2.05) is 18.7 Å². The van der Waals surface area contributed by atoms with Crippen molar-refractivity contribution in [3.63, 3.8) is 0 Å². The fraction of sp³-hybridized carbons (Fsp3) is 0.667. The molecule has 0 fully saturated rings. The number of thiazole rings is 1. The lowest BCUT2D eigenvalue weighted by molar-refractivity contribution is 0.0605. The lowest BCUT2D eigenvalue weighted by Crippen LogP contribution is -2.01. The summed E-state index contributed by atoms with van der Waals surface area (Å²) >= 11 is 3.24. The van der Waals surface area contributed by atoms with E-state index in [9.17, 15) is 4.79 Å². The van der Waals surface area contributed by atoms with Gasteiger partial charge in [0.2, 0.25) is 0 Å². The molecule has 0 atom stereocenters. The number of carbonyl (C=O) groups excluding carboxylic acids is 1. The van der Waals surface area contributed by atoms with Crippen LogP contribution in [0.2, 0.25) is 0 Å². The highest BCUT2D eigenvalue weighted by atomic mass is 32.2. The number of hydrogen-bond acceptors (Lipinski definition) is 6. The molecular weight excluding hydrogens is 268 g/mol. The van der Waals surface area contributed by atoms with Crippen LogP contribution >= 0.6 is 23.1 Å². The first kappa shape index (κ1) is 15.3. The lowest BCUT2D eigenvalue weighted by Gasteiger charge is -2.01. The van der Waals surface area contributed by atoms with Gasteiger partial charge in [0.1, 0.15) is 4.88 Å². The number of methoxy groups -OCH3 is 1. The van der Waals surface area contributed by atoms with Crippen LogP contribution in [0.25, 0.3) is 0 Å². The predicted octanol–water partition coefficient (Wildman–Crippen LogP) is 3.18. The first-order valence-corrected chi connectivity index (χ1v) is 8.18. The minimum absolute atomic E-state index is 0.307. The Morgan fingerprint density at radius 3 is 2.89 bits per heavy atom. The molecule has 102 valence electrons. The van der Waals surface area contributed by atoms with E-state index < -0.39 is 0 Å². The molecule has 0 aliphatic heterocycles. The van der Waals surface area contributed by atoms with Crippen LogP contribution in [-0.4, -0.2) is 36.6 Å². The van der Waals surface area contributed by atoms with Crippen molar-refractivity contribution >= 4 is 34.2 Å². The number of esters is 1. The summed E-state index contributed by atoms with van der Waals surface area (Å²) in [5.74, 6) is 0.918. The van der Waals surface area contributed by atoms with Crippen LogP contribution in [0, 0.1) is 6.92 Å². The maximum absolute atomic E-state index is 11.4. The number of aryl methyl sites for hydroxylation is 1. The summed E-state index contributed by atoms with van der Waals surface area (Å²) in [5, 5.41) is 4.06. The quantitative estimate of drug-likeness (QED) is 0.588. The van der Waals surface area contributed by atoms with Gasteiger partial charge in [0, 0.05) is 6.54 Å². The van der Waals surface area contributed by atoms with Crippen molar-refractivity contribution in [3.05, 3.63) is 10.6 Å². The Labute approximate surface area is 117 Å². The second-order valence-corrected chi connectivity index (χ2v) is 5.89. The van der Waals surface area contributed by atoms with Crippen LogP contribution in [-0.2, 0) is 4.74 Å². The highest BCUT2D eigenvalue weighted by Crippen LogP contribution is 2.23. The van der Waals surface area contributed by atoms with E-state index >= 15 is 0 Å². The first-order valence-electron chi connectivity index (χ1n) is 5.97. The molecule has 0 spiro atoms. The number of ether oxygens (including phenoxy) is 1. The van der Waals surface area contributed by atoms with Crippen LogP contribution in [0.15, 0.2) is 0 Å². The van der Waals surface area contributed by atoms with E-state index in [2.05, 4.69) is 16.6 Å². The Balaban J connectivity index is 2.33. The molecule has 0 amide bonds. The molecule has 4 nitrogen and oxygen atoms in total. The number of aromatic nitrogens is 1. The van der Waals surface area contributed by atoms with Crippen LogP contribution in [0.5, 0.6) is 0 Å². The number of rotatable bonds is 8. The van der Waals surface area contributed by atoms with Crippen LogP contribution in [0.1, 0.15) is 34.6 Å². The molecule has 0 saturated heterocycles. The summed E-state index contributed by atoms with van der Waals surface area (Å²) in [7, 11) is 1.39. The maximum atomic E-state index is 11.4. The molecule has 0 radical (unpaired) electrons. The van der Waals surface area contributed by atoms with E-state index in [0.29, 0.717) is 4.88 Å². The lowest BCUT2D eigenvalue weighted by atomic mass is 10.2. The molecule has 1 N–H and O–H groups in total. The van der Waals surface area contributed by atoms with Gasteiger partial charge in [-0.05, 0) is 31.8 Å². The molecule has 1 heterocycles. The number of hydrogen-bond donors (Lipinski definition) is 1. The van der Waals surface area contributed by atoms with Gasteiger partial charge in [-0.3, -0.25) is 0 Å². The molecule has 1 aromatic heterocycles. The molecule has 1 aromatic rings. The van der Waals surface area contributed by atoms with E-state index in [0.717, 1.165) is 23.8 Å². The monoisotopic (exact) mass is 288 g/mol. The Bertz CT molecular complexity index is 380. The average molecular weight is 288 g/mol. The van der Waals surface area contributed by atoms with Crippen molar-refractivity contribution < 1.29 is 9.53 Å². The third-order valence-electron chi connectivity index (χ3n) is 2.47. The SMILES string of the molecule is COC(=O)c1sc(NCCCCCSC)nc1C. The molecule has 6 heteroatoms. The molecule has 1 rings (SSSR count). The van der Waals surface area contributed by atoms with Crippen molar-refractivity contribution in [2.24, 2.45) is 0 Å². The molecule has 0 aromatic carbocycles. The second kappa shape index (κ2) is 8.37. The summed E-state index contributed by atoms with van der Waals surface area (Å²) in [6, 6.07) is 0. The Morgan fingerprint density at radius 1 is 1.44 bits per heavy atom. The largest absolute Gasteiger partial charge is 0.465 e. The number of carbonyl (C=O) groups is 1. The van der Waals surface area contributed by atoms with E-state index in [-0.39, 0.29) is 5.97 Å². The minimum Gasteiger partial charge on any atom is -0.465 e. The number of unbranched alkanes of at least 4 members (excludes halogenated alkanes) is 2. The van der Waals surface area contributed by atoms with Gasteiger partial charge < -0.3 is 10.1 Å². The molecule has 0 aliphatic carbocycles. The molecule has 0 unspecified atom stereocenters. The molecule has 0 saturated carbocycles. The van der Waals surface area contributed by atoms with Crippen molar-refractivity contribution in [2.45, 2.75) is 26.2 Å².